The molecule has 4 heteroatoms. The molecule has 1 aromatic rings. The van der Waals surface area contributed by atoms with Gasteiger partial charge in [0.2, 0.25) is 0 Å². The molecule has 3 unspecified atom stereocenters. The van der Waals surface area contributed by atoms with Crippen LogP contribution in [0.3, 0.4) is 0 Å². The first-order chi connectivity index (χ1) is 8.74. The number of likely N-dealkylation sites (N-methyl/N-ethyl adjacent to an activating group) is 1. The molecule has 2 nitrogen and oxygen atoms in total. The number of nitrogens with one attached hydrogen (secondary N) is 1. The van der Waals surface area contributed by atoms with Crippen molar-refractivity contribution >= 4 is 27.3 Å². The molecule has 2 rings (SSSR count). The summed E-state index contributed by atoms with van der Waals surface area (Å²) in [5, 5.41) is 3.66. The van der Waals surface area contributed by atoms with Crippen molar-refractivity contribution in [1.29, 1.82) is 0 Å². The van der Waals surface area contributed by atoms with Crippen LogP contribution >= 0.6 is 27.3 Å². The minimum Gasteiger partial charge on any atom is -0.378 e. The van der Waals surface area contributed by atoms with E-state index in [1.54, 1.807) is 0 Å². The maximum Gasteiger partial charge on any atom is 0.0701 e. The lowest BCUT2D eigenvalue weighted by Crippen LogP contribution is -2.41. The van der Waals surface area contributed by atoms with Crippen LogP contribution in [-0.4, -0.2) is 25.3 Å². The molecule has 1 N–H and O–H groups in total. The fourth-order valence-electron chi connectivity index (χ4n) is 2.86. The molecule has 0 spiro atoms. The zero-order chi connectivity index (χ0) is 13.0. The number of rotatable bonds is 6. The molecule has 1 saturated heterocycles. The molecule has 18 heavy (non-hydrogen) atoms. The first kappa shape index (κ1) is 14.5. The zero-order valence-electron chi connectivity index (χ0n) is 11.1. The smallest absolute Gasteiger partial charge is 0.0701 e. The van der Waals surface area contributed by atoms with Crippen LogP contribution in [0, 0.1) is 5.92 Å². The molecule has 1 aliphatic heterocycles. The number of thiophene rings is 1. The Morgan fingerprint density at radius 1 is 1.50 bits per heavy atom. The monoisotopic (exact) mass is 331 g/mol. The molecular weight excluding hydrogens is 310 g/mol. The summed E-state index contributed by atoms with van der Waals surface area (Å²) in [6, 6.07) is 4.93. The normalized spacial score (nSPS) is 25.5. The third kappa shape index (κ3) is 3.56. The van der Waals surface area contributed by atoms with Gasteiger partial charge in [0.1, 0.15) is 0 Å². The predicted molar refractivity (Wildman–Crippen MR) is 81.3 cm³/mol. The summed E-state index contributed by atoms with van der Waals surface area (Å²) >= 11 is 5.39. The van der Waals surface area contributed by atoms with Crippen LogP contribution in [-0.2, 0) is 11.2 Å². The minimum atomic E-state index is 0.442. The van der Waals surface area contributed by atoms with Gasteiger partial charge in [-0.25, -0.2) is 0 Å². The number of ether oxygens (including phenoxy) is 1. The zero-order valence-corrected chi connectivity index (χ0v) is 13.5. The van der Waals surface area contributed by atoms with Crippen LogP contribution < -0.4 is 5.32 Å². The second-order valence-electron chi connectivity index (χ2n) is 4.84. The molecule has 102 valence electrons. The van der Waals surface area contributed by atoms with Gasteiger partial charge in [-0.2, -0.15) is 0 Å². The van der Waals surface area contributed by atoms with E-state index in [9.17, 15) is 0 Å². The Morgan fingerprint density at radius 3 is 2.94 bits per heavy atom. The Morgan fingerprint density at radius 2 is 2.33 bits per heavy atom. The lowest BCUT2D eigenvalue weighted by molar-refractivity contribution is 0.0777. The van der Waals surface area contributed by atoms with Gasteiger partial charge in [-0.1, -0.05) is 13.8 Å². The van der Waals surface area contributed by atoms with Crippen LogP contribution in [0.2, 0.25) is 0 Å². The van der Waals surface area contributed by atoms with Gasteiger partial charge in [0.25, 0.3) is 0 Å². The second-order valence-corrected chi connectivity index (χ2v) is 7.39. The van der Waals surface area contributed by atoms with E-state index in [4.69, 9.17) is 4.74 Å². The van der Waals surface area contributed by atoms with Crippen molar-refractivity contribution in [3.05, 3.63) is 20.8 Å². The Labute approximate surface area is 122 Å². The molecule has 3 atom stereocenters. The van der Waals surface area contributed by atoms with Crippen LogP contribution in [0.4, 0.5) is 0 Å². The molecule has 1 fully saturated rings. The fourth-order valence-corrected chi connectivity index (χ4v) is 4.40. The third-order valence-electron chi connectivity index (χ3n) is 3.70. The Bertz CT molecular complexity index is 368. The molecule has 0 radical (unpaired) electrons. The van der Waals surface area contributed by atoms with E-state index in [1.165, 1.54) is 15.1 Å². The fraction of sp³-hybridized carbons (Fsp3) is 0.714. The van der Waals surface area contributed by atoms with Gasteiger partial charge in [0.05, 0.1) is 9.89 Å². The average molecular weight is 332 g/mol. The van der Waals surface area contributed by atoms with Crippen molar-refractivity contribution in [1.82, 2.24) is 5.32 Å². The highest BCUT2D eigenvalue weighted by atomic mass is 79.9. The Balaban J connectivity index is 2.03. The van der Waals surface area contributed by atoms with Gasteiger partial charge in [-0.15, -0.1) is 11.3 Å². The van der Waals surface area contributed by atoms with Crippen molar-refractivity contribution in [2.45, 2.75) is 45.3 Å². The summed E-state index contributed by atoms with van der Waals surface area (Å²) in [6.07, 6.45) is 3.88. The second kappa shape index (κ2) is 7.04. The van der Waals surface area contributed by atoms with E-state index in [1.807, 2.05) is 11.3 Å². The molecule has 0 aliphatic carbocycles. The average Bonchev–Trinajstić information content (AvgIpc) is 2.97. The van der Waals surface area contributed by atoms with Gasteiger partial charge in [0, 0.05) is 23.4 Å². The van der Waals surface area contributed by atoms with Crippen molar-refractivity contribution < 1.29 is 4.74 Å². The highest BCUT2D eigenvalue weighted by Crippen LogP contribution is 2.30. The summed E-state index contributed by atoms with van der Waals surface area (Å²) in [7, 11) is 0. The maximum absolute atomic E-state index is 5.84. The summed E-state index contributed by atoms with van der Waals surface area (Å²) < 4.78 is 7.06. The molecule has 1 aliphatic rings. The molecule has 0 aromatic carbocycles. The van der Waals surface area contributed by atoms with Crippen LogP contribution in [0.15, 0.2) is 15.9 Å². The first-order valence-electron chi connectivity index (χ1n) is 6.83. The van der Waals surface area contributed by atoms with E-state index < -0.39 is 0 Å². The van der Waals surface area contributed by atoms with E-state index in [0.717, 1.165) is 26.0 Å². The van der Waals surface area contributed by atoms with Crippen molar-refractivity contribution in [3.8, 4) is 0 Å². The van der Waals surface area contributed by atoms with E-state index in [0.29, 0.717) is 18.1 Å². The van der Waals surface area contributed by atoms with Gasteiger partial charge >= 0.3 is 0 Å². The molecule has 0 saturated carbocycles. The predicted octanol–water partition coefficient (Wildman–Crippen LogP) is 3.85. The quantitative estimate of drug-likeness (QED) is 0.854. The van der Waals surface area contributed by atoms with Crippen molar-refractivity contribution in [2.75, 3.05) is 13.2 Å². The van der Waals surface area contributed by atoms with Crippen molar-refractivity contribution in [2.24, 2.45) is 5.92 Å². The summed E-state index contributed by atoms with van der Waals surface area (Å²) in [5.41, 5.74) is 0. The van der Waals surface area contributed by atoms with Crippen LogP contribution in [0.1, 0.15) is 31.6 Å². The summed E-state index contributed by atoms with van der Waals surface area (Å²) in [6.45, 7) is 6.38. The Hall–Kier alpha value is 0.1000. The lowest BCUT2D eigenvalue weighted by Gasteiger charge is -2.27. The van der Waals surface area contributed by atoms with Crippen LogP contribution in [0.25, 0.3) is 0 Å². The van der Waals surface area contributed by atoms with Gasteiger partial charge in [-0.3, -0.25) is 0 Å². The standard InChI is InChI=1S/C14H22BrNOS/c1-3-13-11(7-8-17-13)12(16-4-2)9-10-5-6-14(15)18-10/h5-6,11-13,16H,3-4,7-9H2,1-2H3. The van der Waals surface area contributed by atoms with Gasteiger partial charge < -0.3 is 10.1 Å². The highest BCUT2D eigenvalue weighted by molar-refractivity contribution is 9.11. The van der Waals surface area contributed by atoms with E-state index in [-0.39, 0.29) is 0 Å². The molecule has 1 aromatic heterocycles. The number of hydrogen-bond donors (Lipinski definition) is 1. The van der Waals surface area contributed by atoms with Crippen molar-refractivity contribution in [3.63, 3.8) is 0 Å². The summed E-state index contributed by atoms with van der Waals surface area (Å²) in [4.78, 5) is 1.45. The minimum absolute atomic E-state index is 0.442. The number of halogens is 1. The molecular formula is C14H22BrNOS. The van der Waals surface area contributed by atoms with Gasteiger partial charge in [0.15, 0.2) is 0 Å². The third-order valence-corrected chi connectivity index (χ3v) is 5.34. The van der Waals surface area contributed by atoms with Crippen LogP contribution in [0.5, 0.6) is 0 Å². The first-order valence-corrected chi connectivity index (χ1v) is 8.44. The molecule has 2 heterocycles. The number of hydrogen-bond acceptors (Lipinski definition) is 3. The lowest BCUT2D eigenvalue weighted by atomic mass is 9.89. The summed E-state index contributed by atoms with van der Waals surface area (Å²) in [5.74, 6) is 0.663. The SMILES string of the molecule is CCNC(Cc1ccc(Br)s1)C1CCOC1CC. The topological polar surface area (TPSA) is 21.3 Å². The maximum atomic E-state index is 5.84. The van der Waals surface area contributed by atoms with E-state index >= 15 is 0 Å². The molecule has 0 amide bonds. The molecule has 0 bridgehead atoms. The van der Waals surface area contributed by atoms with Gasteiger partial charge in [-0.05, 0) is 53.9 Å². The highest BCUT2D eigenvalue weighted by Gasteiger charge is 2.33. The largest absolute Gasteiger partial charge is 0.378 e. The Kier molecular flexibility index (Phi) is 5.67. The van der Waals surface area contributed by atoms with E-state index in [2.05, 4.69) is 47.2 Å².